The highest BCUT2D eigenvalue weighted by Crippen LogP contribution is 2.29. The molecule has 0 fully saturated rings. The molecule has 2 N–H and O–H groups in total. The van der Waals surface area contributed by atoms with Gasteiger partial charge in [-0.05, 0) is 36.8 Å². The van der Waals surface area contributed by atoms with Crippen molar-refractivity contribution in [1.29, 1.82) is 0 Å². The number of nitrogens with one attached hydrogen (secondary N) is 2. The number of carbonyl (C=O) groups is 3. The molecule has 30 heavy (non-hydrogen) atoms. The molecule has 9 heteroatoms. The van der Waals surface area contributed by atoms with Crippen LogP contribution in [0, 0.1) is 0 Å². The zero-order valence-corrected chi connectivity index (χ0v) is 16.2. The summed E-state index contributed by atoms with van der Waals surface area (Å²) in [6, 6.07) is 13.0. The van der Waals surface area contributed by atoms with Crippen molar-refractivity contribution in [3.8, 4) is 0 Å². The summed E-state index contributed by atoms with van der Waals surface area (Å²) in [7, 11) is 0. The van der Waals surface area contributed by atoms with Gasteiger partial charge in [-0.3, -0.25) is 14.4 Å². The van der Waals surface area contributed by atoms with Gasteiger partial charge in [-0.1, -0.05) is 30.3 Å². The van der Waals surface area contributed by atoms with Crippen LogP contribution in [0.5, 0.6) is 0 Å². The lowest BCUT2D eigenvalue weighted by molar-refractivity contribution is -0.153. The van der Waals surface area contributed by atoms with E-state index in [0.717, 1.165) is 29.8 Å². The molecule has 2 aromatic rings. The monoisotopic (exact) mass is 422 g/mol. The number of ether oxygens (including phenoxy) is 1. The van der Waals surface area contributed by atoms with Crippen LogP contribution in [0.1, 0.15) is 24.5 Å². The van der Waals surface area contributed by atoms with Gasteiger partial charge in [0.25, 0.3) is 5.91 Å². The summed E-state index contributed by atoms with van der Waals surface area (Å²) in [6.07, 6.45) is -5.57. The van der Waals surface area contributed by atoms with E-state index in [1.807, 2.05) is 30.3 Å². The molecular formula is C21H21F3N2O4. The lowest BCUT2D eigenvalue weighted by atomic mass is 10.1. The van der Waals surface area contributed by atoms with Crippen molar-refractivity contribution in [3.05, 3.63) is 65.7 Å². The fourth-order valence-electron chi connectivity index (χ4n) is 2.44. The molecule has 0 spiro atoms. The largest absolute Gasteiger partial charge is 0.452 e. The van der Waals surface area contributed by atoms with Crippen LogP contribution in [-0.4, -0.2) is 30.4 Å². The summed E-state index contributed by atoms with van der Waals surface area (Å²) in [5.74, 6) is -1.62. The second-order valence-electron chi connectivity index (χ2n) is 6.46. The van der Waals surface area contributed by atoms with Crippen molar-refractivity contribution in [2.24, 2.45) is 0 Å². The highest BCUT2D eigenvalue weighted by atomic mass is 19.4. The lowest BCUT2D eigenvalue weighted by Gasteiger charge is -2.14. The van der Waals surface area contributed by atoms with E-state index in [0.29, 0.717) is 0 Å². The molecular weight excluding hydrogens is 401 g/mol. The van der Waals surface area contributed by atoms with Crippen LogP contribution in [0.3, 0.4) is 0 Å². The molecule has 2 amide bonds. The Labute approximate surface area is 171 Å². The minimum atomic E-state index is -4.47. The highest BCUT2D eigenvalue weighted by Gasteiger charge is 2.30. The summed E-state index contributed by atoms with van der Waals surface area (Å²) < 4.78 is 42.6. The van der Waals surface area contributed by atoms with Crippen molar-refractivity contribution < 1.29 is 32.3 Å². The van der Waals surface area contributed by atoms with Gasteiger partial charge in [0.15, 0.2) is 6.10 Å². The smallest absolute Gasteiger partial charge is 0.416 e. The quantitative estimate of drug-likeness (QED) is 0.640. The molecule has 1 unspecified atom stereocenters. The number of hydrogen-bond donors (Lipinski definition) is 2. The summed E-state index contributed by atoms with van der Waals surface area (Å²) in [4.78, 5) is 35.7. The molecule has 0 saturated heterocycles. The Bertz CT molecular complexity index is 868. The number of carbonyl (C=O) groups excluding carboxylic acids is 3. The van der Waals surface area contributed by atoms with E-state index < -0.39 is 29.7 Å². The molecule has 0 aliphatic rings. The number of halogens is 3. The van der Waals surface area contributed by atoms with Gasteiger partial charge in [0.1, 0.15) is 0 Å². The second-order valence-corrected chi connectivity index (χ2v) is 6.46. The Balaban J connectivity index is 1.71. The first kappa shape index (κ1) is 22.9. The van der Waals surface area contributed by atoms with Crippen molar-refractivity contribution >= 4 is 23.5 Å². The number of hydrogen-bond acceptors (Lipinski definition) is 4. The summed E-state index contributed by atoms with van der Waals surface area (Å²) >= 11 is 0. The first-order chi connectivity index (χ1) is 14.1. The average molecular weight is 422 g/mol. The zero-order chi connectivity index (χ0) is 22.1. The predicted molar refractivity (Wildman–Crippen MR) is 103 cm³/mol. The Morgan fingerprint density at radius 2 is 1.63 bits per heavy atom. The topological polar surface area (TPSA) is 84.5 Å². The Morgan fingerprint density at radius 3 is 2.23 bits per heavy atom. The number of amides is 2. The summed E-state index contributed by atoms with van der Waals surface area (Å²) in [6.45, 7) is 1.39. The van der Waals surface area contributed by atoms with Gasteiger partial charge in [-0.25, -0.2) is 0 Å². The fraction of sp³-hybridized carbons (Fsp3) is 0.286. The van der Waals surface area contributed by atoms with Crippen molar-refractivity contribution in [1.82, 2.24) is 5.32 Å². The van der Waals surface area contributed by atoms with Crippen LogP contribution in [-0.2, 0) is 31.7 Å². The van der Waals surface area contributed by atoms with E-state index in [9.17, 15) is 27.6 Å². The van der Waals surface area contributed by atoms with Gasteiger partial charge in [0.05, 0.1) is 18.4 Å². The van der Waals surface area contributed by atoms with E-state index in [4.69, 9.17) is 4.74 Å². The molecule has 0 radical (unpaired) electrons. The van der Waals surface area contributed by atoms with E-state index in [1.54, 1.807) is 0 Å². The third kappa shape index (κ3) is 7.57. The van der Waals surface area contributed by atoms with Crippen LogP contribution in [0.25, 0.3) is 0 Å². The molecule has 6 nitrogen and oxygen atoms in total. The Morgan fingerprint density at radius 1 is 1.00 bits per heavy atom. The number of benzene rings is 2. The maximum atomic E-state index is 12.5. The predicted octanol–water partition coefficient (Wildman–Crippen LogP) is 3.32. The fourth-order valence-corrected chi connectivity index (χ4v) is 2.44. The van der Waals surface area contributed by atoms with Gasteiger partial charge < -0.3 is 15.4 Å². The van der Waals surface area contributed by atoms with Crippen molar-refractivity contribution in [3.63, 3.8) is 0 Å². The number of alkyl halides is 3. The molecule has 0 bridgehead atoms. The summed E-state index contributed by atoms with van der Waals surface area (Å²) in [5, 5.41) is 4.96. The van der Waals surface area contributed by atoms with Crippen LogP contribution < -0.4 is 10.6 Å². The molecule has 0 heterocycles. The number of rotatable bonds is 8. The SMILES string of the molecule is CC(OC(=O)CCNC(=O)Cc1ccccc1)C(=O)Nc1ccc(C(F)(F)F)cc1. The van der Waals surface area contributed by atoms with Crippen molar-refractivity contribution in [2.75, 3.05) is 11.9 Å². The third-order valence-electron chi connectivity index (χ3n) is 4.02. The number of esters is 1. The molecule has 0 aromatic heterocycles. The molecule has 0 aliphatic heterocycles. The van der Waals surface area contributed by atoms with Crippen LogP contribution >= 0.6 is 0 Å². The second kappa shape index (κ2) is 10.4. The maximum Gasteiger partial charge on any atom is 0.416 e. The zero-order valence-electron chi connectivity index (χ0n) is 16.2. The first-order valence-corrected chi connectivity index (χ1v) is 9.13. The van der Waals surface area contributed by atoms with Gasteiger partial charge in [-0.2, -0.15) is 13.2 Å². The Kier molecular flexibility index (Phi) is 7.97. The van der Waals surface area contributed by atoms with Crippen LogP contribution in [0.15, 0.2) is 54.6 Å². The molecule has 1 atom stereocenters. The molecule has 0 saturated carbocycles. The molecule has 160 valence electrons. The maximum absolute atomic E-state index is 12.5. The van der Waals surface area contributed by atoms with E-state index >= 15 is 0 Å². The highest BCUT2D eigenvalue weighted by molar-refractivity contribution is 5.95. The first-order valence-electron chi connectivity index (χ1n) is 9.13. The third-order valence-corrected chi connectivity index (χ3v) is 4.02. The molecule has 2 aromatic carbocycles. The van der Waals surface area contributed by atoms with E-state index in [2.05, 4.69) is 10.6 Å². The van der Waals surface area contributed by atoms with Gasteiger partial charge in [0.2, 0.25) is 5.91 Å². The van der Waals surface area contributed by atoms with Gasteiger partial charge >= 0.3 is 12.1 Å². The van der Waals surface area contributed by atoms with Gasteiger partial charge in [-0.15, -0.1) is 0 Å². The molecule has 0 aliphatic carbocycles. The standard InChI is InChI=1S/C21H21F3N2O4/c1-14(20(29)26-17-9-7-16(8-10-17)21(22,23)24)30-19(28)11-12-25-18(27)13-15-5-3-2-4-6-15/h2-10,14H,11-13H2,1H3,(H,25,27)(H,26,29). The summed E-state index contributed by atoms with van der Waals surface area (Å²) in [5.41, 5.74) is 0.143. The minimum Gasteiger partial charge on any atom is -0.452 e. The lowest BCUT2D eigenvalue weighted by Crippen LogP contribution is -2.32. The molecule has 2 rings (SSSR count). The van der Waals surface area contributed by atoms with E-state index in [-0.39, 0.29) is 31.0 Å². The van der Waals surface area contributed by atoms with E-state index in [1.165, 1.54) is 6.92 Å². The normalized spacial score (nSPS) is 12.0. The van der Waals surface area contributed by atoms with Crippen LogP contribution in [0.4, 0.5) is 18.9 Å². The average Bonchev–Trinajstić information content (AvgIpc) is 2.68. The minimum absolute atomic E-state index is 0.0533. The van der Waals surface area contributed by atoms with Gasteiger partial charge in [0, 0.05) is 12.2 Å². The Hall–Kier alpha value is -3.36. The number of anilines is 1. The van der Waals surface area contributed by atoms with Crippen molar-refractivity contribution in [2.45, 2.75) is 32.0 Å². The van der Waals surface area contributed by atoms with Crippen LogP contribution in [0.2, 0.25) is 0 Å².